The molecule has 0 saturated heterocycles. The Labute approximate surface area is 135 Å². The van der Waals surface area contributed by atoms with E-state index in [9.17, 15) is 0 Å². The zero-order valence-corrected chi connectivity index (χ0v) is 14.3. The molecule has 0 fully saturated rings. The van der Waals surface area contributed by atoms with Crippen LogP contribution in [0.4, 0.5) is 11.9 Å². The molecule has 0 aliphatic heterocycles. The average molecular weight is 321 g/mol. The largest absolute Gasteiger partial charge is 0.404 e. The van der Waals surface area contributed by atoms with Gasteiger partial charge in [-0.25, -0.2) is 5.01 Å². The van der Waals surface area contributed by atoms with Crippen molar-refractivity contribution in [3.05, 3.63) is 24.0 Å². The number of thioether (sulfide) groups is 1. The van der Waals surface area contributed by atoms with Gasteiger partial charge < -0.3 is 11.5 Å². The minimum atomic E-state index is 0.118. The van der Waals surface area contributed by atoms with Crippen molar-refractivity contribution in [2.24, 2.45) is 16.8 Å². The number of rotatable bonds is 7. The summed E-state index contributed by atoms with van der Waals surface area (Å²) in [7, 11) is 1.77. The van der Waals surface area contributed by atoms with E-state index in [2.05, 4.69) is 40.5 Å². The number of aromatic nitrogens is 3. The summed E-state index contributed by atoms with van der Waals surface area (Å²) in [6, 6.07) is 0. The maximum atomic E-state index is 5.76. The molecule has 0 bridgehead atoms. The lowest BCUT2D eigenvalue weighted by atomic mass is 10.1. The van der Waals surface area contributed by atoms with Crippen LogP contribution in [0, 0.1) is 5.92 Å². The van der Waals surface area contributed by atoms with Crippen molar-refractivity contribution in [2.45, 2.75) is 27.2 Å². The molecule has 1 rings (SSSR count). The van der Waals surface area contributed by atoms with Gasteiger partial charge in [-0.3, -0.25) is 0 Å². The second-order valence-electron chi connectivity index (χ2n) is 5.09. The number of hydrogen-bond donors (Lipinski definition) is 2. The molecule has 22 heavy (non-hydrogen) atoms. The fourth-order valence-electron chi connectivity index (χ4n) is 1.82. The van der Waals surface area contributed by atoms with Gasteiger partial charge in [0.25, 0.3) is 5.95 Å². The first-order valence-electron chi connectivity index (χ1n) is 6.86. The van der Waals surface area contributed by atoms with Crippen molar-refractivity contribution >= 4 is 34.3 Å². The highest BCUT2D eigenvalue weighted by Crippen LogP contribution is 2.25. The number of nitrogens with two attached hydrogens (primary N) is 2. The van der Waals surface area contributed by atoms with Gasteiger partial charge in [-0.1, -0.05) is 32.2 Å². The van der Waals surface area contributed by atoms with Crippen LogP contribution in [0.2, 0.25) is 0 Å². The number of hydrogen-bond acceptors (Lipinski definition) is 8. The summed E-state index contributed by atoms with van der Waals surface area (Å²) in [5, 5.41) is 7.70. The van der Waals surface area contributed by atoms with E-state index < -0.39 is 0 Å². The Morgan fingerprint density at radius 3 is 2.64 bits per heavy atom. The number of hydrazone groups is 1. The Morgan fingerprint density at radius 2 is 2.09 bits per heavy atom. The molecule has 0 atom stereocenters. The molecule has 0 unspecified atom stereocenters. The van der Waals surface area contributed by atoms with Gasteiger partial charge in [0.2, 0.25) is 5.95 Å². The molecule has 1 aromatic rings. The molecule has 0 amide bonds. The molecule has 0 radical (unpaired) electrons. The van der Waals surface area contributed by atoms with Gasteiger partial charge in [-0.2, -0.15) is 20.1 Å². The predicted molar refractivity (Wildman–Crippen MR) is 95.2 cm³/mol. The second-order valence-corrected chi connectivity index (χ2v) is 6.10. The van der Waals surface area contributed by atoms with Crippen LogP contribution in [0.5, 0.6) is 0 Å². The van der Waals surface area contributed by atoms with Crippen molar-refractivity contribution in [1.29, 1.82) is 0 Å². The van der Waals surface area contributed by atoms with Crippen molar-refractivity contribution in [2.75, 3.05) is 17.8 Å². The molecular weight excluding hydrogens is 298 g/mol. The molecule has 4 N–H and O–H groups in total. The topological polar surface area (TPSA) is 106 Å². The van der Waals surface area contributed by atoms with Crippen LogP contribution in [0.25, 0.3) is 4.91 Å². The Morgan fingerprint density at radius 1 is 1.41 bits per heavy atom. The SMILES string of the molecule is C=CS/C(=C/N)c1nc(N)nc(N(C)/N=C(/C)CC(C)C)n1. The third-order valence-corrected chi connectivity index (χ3v) is 3.28. The van der Waals surface area contributed by atoms with E-state index in [0.717, 1.165) is 12.1 Å². The molecule has 0 saturated carbocycles. The highest BCUT2D eigenvalue weighted by atomic mass is 32.2. The predicted octanol–water partition coefficient (Wildman–Crippen LogP) is 2.45. The molecule has 1 heterocycles. The van der Waals surface area contributed by atoms with Crippen LogP contribution >= 0.6 is 11.8 Å². The van der Waals surface area contributed by atoms with Gasteiger partial charge in [-0.15, -0.1) is 0 Å². The molecule has 1 aromatic heterocycles. The fourth-order valence-corrected chi connectivity index (χ4v) is 2.28. The van der Waals surface area contributed by atoms with Crippen LogP contribution < -0.4 is 16.5 Å². The van der Waals surface area contributed by atoms with E-state index in [1.807, 2.05) is 6.92 Å². The smallest absolute Gasteiger partial charge is 0.251 e. The third-order valence-electron chi connectivity index (χ3n) is 2.54. The summed E-state index contributed by atoms with van der Waals surface area (Å²) >= 11 is 1.32. The van der Waals surface area contributed by atoms with Gasteiger partial charge in [0.05, 0.1) is 4.91 Å². The maximum Gasteiger partial charge on any atom is 0.251 e. The molecule has 0 aliphatic carbocycles. The normalized spacial score (nSPS) is 12.6. The highest BCUT2D eigenvalue weighted by Gasteiger charge is 2.12. The van der Waals surface area contributed by atoms with E-state index in [-0.39, 0.29) is 5.95 Å². The standard InChI is InChI=1S/C14H23N7S/c1-6-22-11(8-15)12-17-13(16)19-14(18-12)21(5)20-10(4)7-9(2)3/h6,8-9H,1,7,15H2,2-5H3,(H2,16,17,18,19)/b11-8+,20-10-. The quantitative estimate of drug-likeness (QED) is 0.586. The van der Waals surface area contributed by atoms with Crippen LogP contribution in [0.1, 0.15) is 33.0 Å². The summed E-state index contributed by atoms with van der Waals surface area (Å²) in [5.41, 5.74) is 12.3. The Hall–Kier alpha value is -2.09. The Bertz CT molecular complexity index is 581. The lowest BCUT2D eigenvalue weighted by Gasteiger charge is -2.14. The average Bonchev–Trinajstić information content (AvgIpc) is 2.42. The van der Waals surface area contributed by atoms with E-state index in [0.29, 0.717) is 22.6 Å². The van der Waals surface area contributed by atoms with Crippen molar-refractivity contribution in [1.82, 2.24) is 15.0 Å². The molecule has 120 valence electrons. The molecule has 8 heteroatoms. The van der Waals surface area contributed by atoms with E-state index >= 15 is 0 Å². The minimum Gasteiger partial charge on any atom is -0.404 e. The highest BCUT2D eigenvalue weighted by molar-refractivity contribution is 8.10. The van der Waals surface area contributed by atoms with Crippen molar-refractivity contribution in [3.8, 4) is 0 Å². The summed E-state index contributed by atoms with van der Waals surface area (Å²) < 4.78 is 0. The summed E-state index contributed by atoms with van der Waals surface area (Å²) in [4.78, 5) is 13.2. The lowest BCUT2D eigenvalue weighted by molar-refractivity contribution is 0.679. The molecule has 0 spiro atoms. The monoisotopic (exact) mass is 321 g/mol. The zero-order chi connectivity index (χ0) is 16.7. The van der Waals surface area contributed by atoms with Gasteiger partial charge in [0.1, 0.15) is 0 Å². The summed E-state index contributed by atoms with van der Waals surface area (Å²) in [5.74, 6) is 1.42. The van der Waals surface area contributed by atoms with Crippen LogP contribution in [-0.2, 0) is 0 Å². The maximum absolute atomic E-state index is 5.76. The van der Waals surface area contributed by atoms with Crippen molar-refractivity contribution in [3.63, 3.8) is 0 Å². The number of anilines is 2. The molecule has 7 nitrogen and oxygen atoms in total. The van der Waals surface area contributed by atoms with Crippen LogP contribution in [0.15, 0.2) is 23.3 Å². The first-order valence-corrected chi connectivity index (χ1v) is 7.74. The molecule has 0 aromatic carbocycles. The van der Waals surface area contributed by atoms with Gasteiger partial charge in [0.15, 0.2) is 5.82 Å². The second kappa shape index (κ2) is 8.38. The number of nitrogens with zero attached hydrogens (tertiary/aromatic N) is 5. The van der Waals surface area contributed by atoms with Crippen molar-refractivity contribution < 1.29 is 0 Å². The molecule has 0 aliphatic rings. The van der Waals surface area contributed by atoms with Gasteiger partial charge in [0, 0.05) is 19.0 Å². The summed E-state index contributed by atoms with van der Waals surface area (Å²) in [6.45, 7) is 9.91. The summed E-state index contributed by atoms with van der Waals surface area (Å²) in [6.07, 6.45) is 2.32. The fraction of sp³-hybridized carbons (Fsp3) is 0.429. The van der Waals surface area contributed by atoms with E-state index in [1.54, 1.807) is 17.5 Å². The van der Waals surface area contributed by atoms with Crippen LogP contribution in [-0.4, -0.2) is 27.7 Å². The van der Waals surface area contributed by atoms with Crippen LogP contribution in [0.3, 0.4) is 0 Å². The minimum absolute atomic E-state index is 0.118. The number of nitrogen functional groups attached to an aromatic ring is 1. The Balaban J connectivity index is 3.10. The van der Waals surface area contributed by atoms with E-state index in [1.165, 1.54) is 18.0 Å². The lowest BCUT2D eigenvalue weighted by Crippen LogP contribution is -2.18. The Kier molecular flexibility index (Phi) is 6.84. The third kappa shape index (κ3) is 5.36. The van der Waals surface area contributed by atoms with E-state index in [4.69, 9.17) is 11.5 Å². The van der Waals surface area contributed by atoms with Gasteiger partial charge >= 0.3 is 0 Å². The van der Waals surface area contributed by atoms with Gasteiger partial charge in [-0.05, 0) is 24.7 Å². The molecular formula is C14H23N7S. The first kappa shape index (κ1) is 18.0. The zero-order valence-electron chi connectivity index (χ0n) is 13.4. The first-order chi connectivity index (χ1) is 10.4.